The van der Waals surface area contributed by atoms with Crippen LogP contribution in [0.1, 0.15) is 0 Å². The minimum Gasteiger partial charge on any atom is -0.293 e. The van der Waals surface area contributed by atoms with E-state index in [9.17, 15) is 0 Å². The molecule has 3 aromatic heterocycles. The molecule has 0 aliphatic rings. The zero-order valence-electron chi connectivity index (χ0n) is 31.4. The summed E-state index contributed by atoms with van der Waals surface area (Å²) in [5.41, 5.74) is 13.0. The van der Waals surface area contributed by atoms with Crippen molar-refractivity contribution in [2.75, 3.05) is 0 Å². The van der Waals surface area contributed by atoms with Crippen LogP contribution in [0.3, 0.4) is 0 Å². The summed E-state index contributed by atoms with van der Waals surface area (Å²) in [5, 5.41) is 8.81. The average molecular weight is 739 g/mol. The van der Waals surface area contributed by atoms with E-state index in [4.69, 9.17) is 9.97 Å². The van der Waals surface area contributed by atoms with Crippen molar-refractivity contribution in [1.29, 1.82) is 0 Å². The number of para-hydroxylation sites is 3. The Labute approximate surface area is 334 Å². The fourth-order valence-corrected chi connectivity index (χ4v) is 9.10. The van der Waals surface area contributed by atoms with Gasteiger partial charge in [-0.25, -0.2) is 9.97 Å². The Morgan fingerprint density at radius 1 is 0.310 bits per heavy atom. The quantitative estimate of drug-likeness (QED) is 0.165. The van der Waals surface area contributed by atoms with E-state index in [2.05, 4.69) is 191 Å². The lowest BCUT2D eigenvalue weighted by molar-refractivity contribution is 1.15. The van der Waals surface area contributed by atoms with Crippen LogP contribution >= 0.6 is 0 Å². The third-order valence-corrected chi connectivity index (χ3v) is 11.7. The third kappa shape index (κ3) is 4.95. The Morgan fingerprint density at radius 2 is 0.776 bits per heavy atom. The molecule has 0 radical (unpaired) electrons. The molecule has 58 heavy (non-hydrogen) atoms. The molecule has 4 heteroatoms. The van der Waals surface area contributed by atoms with E-state index in [1.54, 1.807) is 0 Å². The van der Waals surface area contributed by atoms with Crippen LogP contribution in [0, 0.1) is 0 Å². The summed E-state index contributed by atoms with van der Waals surface area (Å²) in [7, 11) is 0. The van der Waals surface area contributed by atoms with E-state index < -0.39 is 0 Å². The van der Waals surface area contributed by atoms with E-state index in [1.807, 2.05) is 24.3 Å². The molecule has 3 heterocycles. The van der Waals surface area contributed by atoms with E-state index in [0.29, 0.717) is 5.82 Å². The Morgan fingerprint density at radius 3 is 1.41 bits per heavy atom. The van der Waals surface area contributed by atoms with Crippen molar-refractivity contribution < 1.29 is 0 Å². The van der Waals surface area contributed by atoms with E-state index >= 15 is 0 Å². The number of nitrogens with zero attached hydrogens (tertiary/aromatic N) is 4. The van der Waals surface area contributed by atoms with Gasteiger partial charge in [-0.3, -0.25) is 8.97 Å². The summed E-state index contributed by atoms with van der Waals surface area (Å²) in [6.45, 7) is 0. The molecule has 0 fully saturated rings. The fraction of sp³-hybridized carbons (Fsp3) is 0. The summed E-state index contributed by atoms with van der Waals surface area (Å²) < 4.78 is 4.91. The van der Waals surface area contributed by atoms with Crippen LogP contribution in [0.2, 0.25) is 0 Å². The molecule has 0 aliphatic carbocycles. The summed E-state index contributed by atoms with van der Waals surface area (Å²) in [6.07, 6.45) is 0. The standard InChI is InChI=1S/C54H34N4/c1-3-15-35(16-4-1)47-34-48(56-53(55-47)38-17-5-2-6-18-38)36-27-29-37(30-28-36)52-45-23-11-12-24-49(45)58-51-26-14-13-25-50(51)57(54(52)58)39-31-32-44-42-21-8-7-19-40(42)41-20-9-10-22-43(41)46(44)33-39/h1-34H. The van der Waals surface area contributed by atoms with E-state index in [-0.39, 0.29) is 0 Å². The van der Waals surface area contributed by atoms with Gasteiger partial charge in [-0.2, -0.15) is 0 Å². The summed E-state index contributed by atoms with van der Waals surface area (Å²) in [5.74, 6) is 0.710. The lowest BCUT2D eigenvalue weighted by Gasteiger charge is -2.14. The lowest BCUT2D eigenvalue weighted by atomic mass is 9.94. The second-order valence-corrected chi connectivity index (χ2v) is 15.0. The summed E-state index contributed by atoms with van der Waals surface area (Å²) in [6, 6.07) is 73.8. The maximum atomic E-state index is 5.12. The molecular weight excluding hydrogens is 705 g/mol. The number of hydrogen-bond donors (Lipinski definition) is 0. The lowest BCUT2D eigenvalue weighted by Crippen LogP contribution is -1.97. The van der Waals surface area contributed by atoms with Crippen molar-refractivity contribution >= 4 is 59.9 Å². The van der Waals surface area contributed by atoms with Gasteiger partial charge in [-0.1, -0.05) is 170 Å². The molecule has 12 aromatic rings. The molecule has 0 N–H and O–H groups in total. The second-order valence-electron chi connectivity index (χ2n) is 15.0. The zero-order chi connectivity index (χ0) is 38.2. The van der Waals surface area contributed by atoms with Gasteiger partial charge in [0, 0.05) is 33.3 Å². The molecule has 12 rings (SSSR count). The van der Waals surface area contributed by atoms with Crippen LogP contribution in [-0.4, -0.2) is 18.9 Å². The Kier molecular flexibility index (Phi) is 7.20. The van der Waals surface area contributed by atoms with Gasteiger partial charge >= 0.3 is 0 Å². The maximum Gasteiger partial charge on any atom is 0.160 e. The zero-order valence-corrected chi connectivity index (χ0v) is 31.4. The topological polar surface area (TPSA) is 35.1 Å². The largest absolute Gasteiger partial charge is 0.293 e. The predicted octanol–water partition coefficient (Wildman–Crippen LogP) is 14.0. The summed E-state index contributed by atoms with van der Waals surface area (Å²) in [4.78, 5) is 10.1. The van der Waals surface area contributed by atoms with Gasteiger partial charge in [0.25, 0.3) is 0 Å². The smallest absolute Gasteiger partial charge is 0.160 e. The second kappa shape index (κ2) is 12.9. The molecule has 9 aromatic carbocycles. The van der Waals surface area contributed by atoms with Crippen molar-refractivity contribution in [1.82, 2.24) is 18.9 Å². The highest BCUT2D eigenvalue weighted by atomic mass is 15.1. The van der Waals surface area contributed by atoms with Crippen LogP contribution in [-0.2, 0) is 0 Å². The summed E-state index contributed by atoms with van der Waals surface area (Å²) >= 11 is 0. The van der Waals surface area contributed by atoms with Crippen molar-refractivity contribution in [2.45, 2.75) is 0 Å². The first-order valence-electron chi connectivity index (χ1n) is 19.8. The minimum atomic E-state index is 0.710. The van der Waals surface area contributed by atoms with Crippen LogP contribution in [0.15, 0.2) is 206 Å². The Bertz CT molecular complexity index is 3450. The molecule has 0 atom stereocenters. The first-order chi connectivity index (χ1) is 28.8. The highest BCUT2D eigenvalue weighted by Gasteiger charge is 2.23. The van der Waals surface area contributed by atoms with Crippen LogP contribution in [0.4, 0.5) is 0 Å². The normalized spacial score (nSPS) is 11.8. The number of imidazole rings is 1. The first-order valence-corrected chi connectivity index (χ1v) is 19.8. The first kappa shape index (κ1) is 32.4. The van der Waals surface area contributed by atoms with Gasteiger partial charge in [0.1, 0.15) is 5.65 Å². The highest BCUT2D eigenvalue weighted by Crippen LogP contribution is 2.43. The Hall–Kier alpha value is -7.82. The maximum absolute atomic E-state index is 5.12. The van der Waals surface area contributed by atoms with Gasteiger partial charge in [0.15, 0.2) is 5.82 Å². The molecule has 0 saturated heterocycles. The van der Waals surface area contributed by atoms with Gasteiger partial charge in [0.2, 0.25) is 0 Å². The average Bonchev–Trinajstić information content (AvgIpc) is 3.82. The van der Waals surface area contributed by atoms with Crippen LogP contribution in [0.25, 0.3) is 111 Å². The molecule has 0 aliphatic heterocycles. The van der Waals surface area contributed by atoms with Gasteiger partial charge in [-0.15, -0.1) is 0 Å². The number of aromatic nitrogens is 4. The molecule has 0 unspecified atom stereocenters. The van der Waals surface area contributed by atoms with Gasteiger partial charge in [-0.05, 0) is 74.3 Å². The van der Waals surface area contributed by atoms with Gasteiger partial charge in [0.05, 0.1) is 27.9 Å². The third-order valence-electron chi connectivity index (χ3n) is 11.7. The van der Waals surface area contributed by atoms with Crippen molar-refractivity contribution in [3.8, 4) is 50.7 Å². The number of rotatable bonds is 5. The monoisotopic (exact) mass is 738 g/mol. The molecule has 0 bridgehead atoms. The fourth-order valence-electron chi connectivity index (χ4n) is 9.10. The molecular formula is C54H34N4. The molecule has 0 amide bonds. The number of hydrogen-bond acceptors (Lipinski definition) is 2. The van der Waals surface area contributed by atoms with E-state index in [1.165, 1.54) is 54.3 Å². The molecule has 0 saturated carbocycles. The van der Waals surface area contributed by atoms with Crippen LogP contribution < -0.4 is 0 Å². The highest BCUT2D eigenvalue weighted by molar-refractivity contribution is 6.25. The Balaban J connectivity index is 1.09. The molecule has 270 valence electrons. The van der Waals surface area contributed by atoms with Crippen molar-refractivity contribution in [3.63, 3.8) is 0 Å². The van der Waals surface area contributed by atoms with Crippen molar-refractivity contribution in [3.05, 3.63) is 206 Å². The number of fused-ring (bicyclic) bond motifs is 11. The number of benzene rings is 9. The predicted molar refractivity (Wildman–Crippen MR) is 242 cm³/mol. The van der Waals surface area contributed by atoms with Crippen LogP contribution in [0.5, 0.6) is 0 Å². The van der Waals surface area contributed by atoms with E-state index in [0.717, 1.165) is 50.5 Å². The van der Waals surface area contributed by atoms with Crippen molar-refractivity contribution in [2.24, 2.45) is 0 Å². The molecule has 0 spiro atoms. The van der Waals surface area contributed by atoms with Gasteiger partial charge < -0.3 is 0 Å². The SMILES string of the molecule is c1ccc(-c2cc(-c3ccc(-c4c5ccccc5n5c6ccccc6n(-c6ccc7c8ccccc8c8ccccc8c7c6)c45)cc3)nc(-c3ccccc3)n2)cc1. The minimum absolute atomic E-state index is 0.710. The molecule has 4 nitrogen and oxygen atoms in total.